The van der Waals surface area contributed by atoms with Crippen molar-refractivity contribution in [2.24, 2.45) is 0 Å². The molecule has 0 N–H and O–H groups in total. The summed E-state index contributed by atoms with van der Waals surface area (Å²) in [5.41, 5.74) is 2.88. The second-order valence-electron chi connectivity index (χ2n) is 4.41. The first kappa shape index (κ1) is 11.8. The lowest BCUT2D eigenvalue weighted by Crippen LogP contribution is -2.23. The number of nitriles is 1. The molecule has 1 aliphatic heterocycles. The van der Waals surface area contributed by atoms with Crippen LogP contribution in [0.15, 0.2) is 36.5 Å². The average Bonchev–Trinajstić information content (AvgIpc) is 2.81. The average molecular weight is 250 g/mol. The predicted molar refractivity (Wildman–Crippen MR) is 71.5 cm³/mol. The number of pyridine rings is 1. The quantitative estimate of drug-likeness (QED) is 0.766. The van der Waals surface area contributed by atoms with Crippen molar-refractivity contribution in [3.05, 3.63) is 47.7 Å². The normalized spacial score (nSPS) is 12.9. The fourth-order valence-corrected chi connectivity index (χ4v) is 2.10. The van der Waals surface area contributed by atoms with Gasteiger partial charge in [-0.05, 0) is 29.2 Å². The van der Waals surface area contributed by atoms with Gasteiger partial charge in [0.05, 0.1) is 12.2 Å². The zero-order chi connectivity index (χ0) is 13.2. The van der Waals surface area contributed by atoms with Gasteiger partial charge < -0.3 is 9.39 Å². The Balaban J connectivity index is 1.82. The molecule has 2 aromatic rings. The third-order valence-electron chi connectivity index (χ3n) is 3.13. The standard InChI is InChI=1S/C14H11BN2O2/c1-15-13-4-3-12(6-11(13)9-18-15)19-14-5-2-10(7-16)8-17-14/h2-6,8H,9H2,1H3. The van der Waals surface area contributed by atoms with E-state index in [-0.39, 0.29) is 6.92 Å². The van der Waals surface area contributed by atoms with Crippen molar-refractivity contribution in [3.63, 3.8) is 0 Å². The fraction of sp³-hybridized carbons (Fsp3) is 0.143. The van der Waals surface area contributed by atoms with Crippen molar-refractivity contribution in [2.75, 3.05) is 0 Å². The van der Waals surface area contributed by atoms with E-state index < -0.39 is 0 Å². The van der Waals surface area contributed by atoms with Gasteiger partial charge in [0.1, 0.15) is 11.8 Å². The summed E-state index contributed by atoms with van der Waals surface area (Å²) in [6, 6.07) is 11.3. The van der Waals surface area contributed by atoms with Crippen LogP contribution < -0.4 is 10.2 Å². The molecule has 0 amide bonds. The Kier molecular flexibility index (Phi) is 2.94. The minimum Gasteiger partial charge on any atom is -0.439 e. The van der Waals surface area contributed by atoms with Gasteiger partial charge in [-0.15, -0.1) is 0 Å². The van der Waals surface area contributed by atoms with Gasteiger partial charge in [0.25, 0.3) is 0 Å². The number of rotatable bonds is 2. The largest absolute Gasteiger partial charge is 0.439 e. The summed E-state index contributed by atoms with van der Waals surface area (Å²) < 4.78 is 11.2. The number of aromatic nitrogens is 1. The molecule has 0 radical (unpaired) electrons. The first-order valence-corrected chi connectivity index (χ1v) is 6.05. The van der Waals surface area contributed by atoms with E-state index >= 15 is 0 Å². The van der Waals surface area contributed by atoms with Crippen LogP contribution in [-0.4, -0.2) is 11.9 Å². The summed E-state index contributed by atoms with van der Waals surface area (Å²) in [6.07, 6.45) is 1.49. The Bertz CT molecular complexity index is 649. The highest BCUT2D eigenvalue weighted by molar-refractivity contribution is 6.67. The molecule has 1 aromatic carbocycles. The van der Waals surface area contributed by atoms with Crippen LogP contribution in [0.1, 0.15) is 11.1 Å². The summed E-state index contributed by atoms with van der Waals surface area (Å²) in [6.45, 7) is 2.81. The number of benzene rings is 1. The number of nitrogens with zero attached hydrogens (tertiary/aromatic N) is 2. The SMILES string of the molecule is CB1OCc2cc(Oc3ccc(C#N)cn3)ccc21. The van der Waals surface area contributed by atoms with E-state index in [1.807, 2.05) is 31.1 Å². The van der Waals surface area contributed by atoms with E-state index in [1.54, 1.807) is 12.1 Å². The van der Waals surface area contributed by atoms with Crippen molar-refractivity contribution in [1.82, 2.24) is 4.98 Å². The molecule has 0 unspecified atom stereocenters. The molecule has 19 heavy (non-hydrogen) atoms. The van der Waals surface area contributed by atoms with Gasteiger partial charge in [-0.3, -0.25) is 0 Å². The van der Waals surface area contributed by atoms with E-state index in [1.165, 1.54) is 11.7 Å². The second kappa shape index (κ2) is 4.75. The maximum Gasteiger partial charge on any atom is 0.324 e. The third kappa shape index (κ3) is 2.31. The molecular formula is C14H11BN2O2. The van der Waals surface area contributed by atoms with Gasteiger partial charge in [0, 0.05) is 12.3 Å². The molecule has 1 aromatic heterocycles. The highest BCUT2D eigenvalue weighted by Crippen LogP contribution is 2.22. The van der Waals surface area contributed by atoms with Gasteiger partial charge in [0.2, 0.25) is 5.88 Å². The van der Waals surface area contributed by atoms with Crippen LogP contribution in [0.5, 0.6) is 11.6 Å². The van der Waals surface area contributed by atoms with Crippen molar-refractivity contribution < 1.29 is 9.39 Å². The Morgan fingerprint density at radius 1 is 1.37 bits per heavy atom. The van der Waals surface area contributed by atoms with Gasteiger partial charge in [-0.1, -0.05) is 12.9 Å². The van der Waals surface area contributed by atoms with E-state index in [2.05, 4.69) is 4.98 Å². The second-order valence-corrected chi connectivity index (χ2v) is 4.41. The number of fused-ring (bicyclic) bond motifs is 1. The van der Waals surface area contributed by atoms with Crippen LogP contribution in [0, 0.1) is 11.3 Å². The first-order chi connectivity index (χ1) is 9.26. The summed E-state index contributed by atoms with van der Waals surface area (Å²) in [7, 11) is 0. The molecule has 0 saturated carbocycles. The predicted octanol–water partition coefficient (Wildman–Crippen LogP) is 2.10. The minimum atomic E-state index is 0.150. The monoisotopic (exact) mass is 250 g/mol. The summed E-state index contributed by atoms with van der Waals surface area (Å²) in [5.74, 6) is 1.21. The maximum atomic E-state index is 8.70. The Morgan fingerprint density at radius 2 is 2.26 bits per heavy atom. The van der Waals surface area contributed by atoms with Crippen molar-refractivity contribution >= 4 is 12.4 Å². The first-order valence-electron chi connectivity index (χ1n) is 6.05. The molecule has 0 aliphatic carbocycles. The molecule has 0 fully saturated rings. The van der Waals surface area contributed by atoms with Gasteiger partial charge in [0.15, 0.2) is 0 Å². The molecule has 3 rings (SSSR count). The van der Waals surface area contributed by atoms with Crippen LogP contribution in [0.3, 0.4) is 0 Å². The van der Waals surface area contributed by atoms with E-state index in [9.17, 15) is 0 Å². The van der Waals surface area contributed by atoms with E-state index in [0.29, 0.717) is 18.1 Å². The minimum absolute atomic E-state index is 0.150. The molecule has 0 bridgehead atoms. The highest BCUT2D eigenvalue weighted by Gasteiger charge is 2.23. The van der Waals surface area contributed by atoms with Crippen molar-refractivity contribution in [1.29, 1.82) is 5.26 Å². The van der Waals surface area contributed by atoms with Crippen molar-refractivity contribution in [3.8, 4) is 17.7 Å². The van der Waals surface area contributed by atoms with Crippen LogP contribution in [-0.2, 0) is 11.3 Å². The Hall–Kier alpha value is -2.32. The third-order valence-corrected chi connectivity index (χ3v) is 3.13. The Morgan fingerprint density at radius 3 is 3.00 bits per heavy atom. The highest BCUT2D eigenvalue weighted by atomic mass is 16.5. The summed E-state index contributed by atoms with van der Waals surface area (Å²) in [4.78, 5) is 4.08. The molecule has 2 heterocycles. The topological polar surface area (TPSA) is 55.1 Å². The molecular weight excluding hydrogens is 239 g/mol. The lowest BCUT2D eigenvalue weighted by atomic mass is 9.64. The van der Waals surface area contributed by atoms with Crippen LogP contribution in [0.2, 0.25) is 6.82 Å². The number of hydrogen-bond acceptors (Lipinski definition) is 4. The van der Waals surface area contributed by atoms with Crippen molar-refractivity contribution in [2.45, 2.75) is 13.4 Å². The van der Waals surface area contributed by atoms with Gasteiger partial charge >= 0.3 is 6.92 Å². The Labute approximate surface area is 111 Å². The summed E-state index contributed by atoms with van der Waals surface area (Å²) in [5, 5.41) is 8.70. The zero-order valence-corrected chi connectivity index (χ0v) is 10.5. The van der Waals surface area contributed by atoms with Crippen LogP contribution in [0.25, 0.3) is 0 Å². The summed E-state index contributed by atoms with van der Waals surface area (Å²) >= 11 is 0. The van der Waals surface area contributed by atoms with E-state index in [0.717, 1.165) is 11.3 Å². The lowest BCUT2D eigenvalue weighted by molar-refractivity contribution is 0.333. The van der Waals surface area contributed by atoms with Gasteiger partial charge in [-0.25, -0.2) is 4.98 Å². The smallest absolute Gasteiger partial charge is 0.324 e. The number of hydrogen-bond donors (Lipinski definition) is 0. The maximum absolute atomic E-state index is 8.70. The number of ether oxygens (including phenoxy) is 1. The molecule has 92 valence electrons. The molecule has 4 nitrogen and oxygen atoms in total. The lowest BCUT2D eigenvalue weighted by Gasteiger charge is -2.06. The molecule has 1 aliphatic rings. The molecule has 0 spiro atoms. The molecule has 5 heteroatoms. The van der Waals surface area contributed by atoms with Gasteiger partial charge in [-0.2, -0.15) is 5.26 Å². The van der Waals surface area contributed by atoms with Crippen LogP contribution >= 0.6 is 0 Å². The fourth-order valence-electron chi connectivity index (χ4n) is 2.10. The molecule has 0 atom stereocenters. The van der Waals surface area contributed by atoms with Crippen LogP contribution in [0.4, 0.5) is 0 Å². The molecule has 0 saturated heterocycles. The van der Waals surface area contributed by atoms with E-state index in [4.69, 9.17) is 14.7 Å². The zero-order valence-electron chi connectivity index (χ0n) is 10.5.